The second-order valence-electron chi connectivity index (χ2n) is 5.47. The van der Waals surface area contributed by atoms with Gasteiger partial charge in [-0.05, 0) is 25.1 Å². The highest BCUT2D eigenvalue weighted by molar-refractivity contribution is 7.88. The molecule has 0 bridgehead atoms. The Hall–Kier alpha value is -1.09. The summed E-state index contributed by atoms with van der Waals surface area (Å²) in [4.78, 5) is 1.82. The molecule has 0 radical (unpaired) electrons. The van der Waals surface area contributed by atoms with Crippen molar-refractivity contribution < 1.29 is 22.3 Å². The van der Waals surface area contributed by atoms with Crippen molar-refractivity contribution in [3.63, 3.8) is 0 Å². The van der Waals surface area contributed by atoms with Gasteiger partial charge in [0, 0.05) is 26.2 Å². The Bertz CT molecular complexity index is 604. The maximum Gasteiger partial charge on any atom is 0.211 e. The first-order chi connectivity index (χ1) is 10.3. The molecule has 124 valence electrons. The minimum absolute atomic E-state index is 0.0649. The number of β-amino-alcohol motifs (C(OH)–C–C–N with tert-alkyl or cyclic N) is 1. The standard InChI is InChI=1S/C14H20F2N2O3S/c1-22(20,21)18-7-3-6-17(8-9-18)10-13(19)14-11(15)4-2-5-12(14)16/h2,4-5,13,19H,3,6-10H2,1H3. The number of aliphatic hydroxyl groups excluding tert-OH is 1. The van der Waals surface area contributed by atoms with Gasteiger partial charge < -0.3 is 5.11 Å². The van der Waals surface area contributed by atoms with Gasteiger partial charge in [-0.3, -0.25) is 4.90 Å². The van der Waals surface area contributed by atoms with Crippen molar-refractivity contribution in [1.29, 1.82) is 0 Å². The third-order valence-electron chi connectivity index (χ3n) is 3.78. The van der Waals surface area contributed by atoms with Crippen LogP contribution in [0.5, 0.6) is 0 Å². The first-order valence-corrected chi connectivity index (χ1v) is 8.93. The molecule has 1 N–H and O–H groups in total. The summed E-state index contributed by atoms with van der Waals surface area (Å²) in [6.45, 7) is 1.78. The van der Waals surface area contributed by atoms with E-state index in [4.69, 9.17) is 0 Å². The molecule has 1 aromatic carbocycles. The SMILES string of the molecule is CS(=O)(=O)N1CCCN(CC(O)c2c(F)cccc2F)CC1. The molecular formula is C14H20F2N2O3S. The molecule has 2 rings (SSSR count). The predicted octanol–water partition coefficient (Wildman–Crippen LogP) is 0.965. The van der Waals surface area contributed by atoms with Crippen LogP contribution in [0.3, 0.4) is 0 Å². The number of hydrogen-bond donors (Lipinski definition) is 1. The third kappa shape index (κ3) is 4.22. The Balaban J connectivity index is 2.02. The van der Waals surface area contributed by atoms with E-state index in [9.17, 15) is 22.3 Å². The van der Waals surface area contributed by atoms with Gasteiger partial charge in [0.25, 0.3) is 0 Å². The second-order valence-corrected chi connectivity index (χ2v) is 7.45. The van der Waals surface area contributed by atoms with Gasteiger partial charge >= 0.3 is 0 Å². The molecule has 1 atom stereocenters. The fourth-order valence-electron chi connectivity index (χ4n) is 2.63. The summed E-state index contributed by atoms with van der Waals surface area (Å²) in [5.74, 6) is -1.56. The van der Waals surface area contributed by atoms with Gasteiger partial charge in [-0.1, -0.05) is 6.07 Å². The average Bonchev–Trinajstić information content (AvgIpc) is 2.63. The number of sulfonamides is 1. The molecule has 1 fully saturated rings. The van der Waals surface area contributed by atoms with E-state index < -0.39 is 27.8 Å². The van der Waals surface area contributed by atoms with E-state index >= 15 is 0 Å². The smallest absolute Gasteiger partial charge is 0.211 e. The average molecular weight is 334 g/mol. The van der Waals surface area contributed by atoms with Crippen LogP contribution in [-0.4, -0.2) is 61.7 Å². The Morgan fingerprint density at radius 3 is 2.41 bits per heavy atom. The minimum atomic E-state index is -3.24. The fraction of sp³-hybridized carbons (Fsp3) is 0.571. The lowest BCUT2D eigenvalue weighted by Gasteiger charge is -2.24. The van der Waals surface area contributed by atoms with E-state index in [-0.39, 0.29) is 12.1 Å². The van der Waals surface area contributed by atoms with E-state index in [1.54, 1.807) is 0 Å². The molecule has 0 saturated carbocycles. The molecule has 1 unspecified atom stereocenters. The van der Waals surface area contributed by atoms with E-state index in [2.05, 4.69) is 0 Å². The van der Waals surface area contributed by atoms with Crippen LogP contribution in [0.4, 0.5) is 8.78 Å². The van der Waals surface area contributed by atoms with Gasteiger partial charge in [-0.2, -0.15) is 0 Å². The molecule has 0 aromatic heterocycles. The van der Waals surface area contributed by atoms with Crippen LogP contribution in [0.25, 0.3) is 0 Å². The summed E-state index contributed by atoms with van der Waals surface area (Å²) in [7, 11) is -3.24. The van der Waals surface area contributed by atoms with Crippen molar-refractivity contribution in [1.82, 2.24) is 9.21 Å². The molecular weight excluding hydrogens is 314 g/mol. The molecule has 1 heterocycles. The zero-order valence-corrected chi connectivity index (χ0v) is 13.2. The summed E-state index contributed by atoms with van der Waals surface area (Å²) in [6.07, 6.45) is 0.483. The molecule has 5 nitrogen and oxygen atoms in total. The lowest BCUT2D eigenvalue weighted by molar-refractivity contribution is 0.109. The highest BCUT2D eigenvalue weighted by atomic mass is 32.2. The van der Waals surface area contributed by atoms with Crippen molar-refractivity contribution in [3.8, 4) is 0 Å². The van der Waals surface area contributed by atoms with Crippen molar-refractivity contribution in [3.05, 3.63) is 35.4 Å². The van der Waals surface area contributed by atoms with Gasteiger partial charge in [-0.25, -0.2) is 21.5 Å². The van der Waals surface area contributed by atoms with Crippen LogP contribution < -0.4 is 0 Å². The zero-order valence-electron chi connectivity index (χ0n) is 12.4. The van der Waals surface area contributed by atoms with E-state index in [1.165, 1.54) is 10.4 Å². The number of halogens is 2. The molecule has 1 aliphatic heterocycles. The maximum atomic E-state index is 13.6. The van der Waals surface area contributed by atoms with E-state index in [0.717, 1.165) is 18.4 Å². The summed E-state index contributed by atoms with van der Waals surface area (Å²) < 4.78 is 51.7. The van der Waals surface area contributed by atoms with Crippen LogP contribution in [0.15, 0.2) is 18.2 Å². The van der Waals surface area contributed by atoms with Gasteiger partial charge in [0.05, 0.1) is 17.9 Å². The van der Waals surface area contributed by atoms with Gasteiger partial charge in [0.2, 0.25) is 10.0 Å². The molecule has 0 spiro atoms. The van der Waals surface area contributed by atoms with Crippen molar-refractivity contribution >= 4 is 10.0 Å². The fourth-order valence-corrected chi connectivity index (χ4v) is 3.50. The number of benzene rings is 1. The quantitative estimate of drug-likeness (QED) is 0.891. The van der Waals surface area contributed by atoms with Crippen LogP contribution in [0.1, 0.15) is 18.1 Å². The zero-order chi connectivity index (χ0) is 16.3. The number of nitrogens with zero attached hydrogens (tertiary/aromatic N) is 2. The predicted molar refractivity (Wildman–Crippen MR) is 78.8 cm³/mol. The first-order valence-electron chi connectivity index (χ1n) is 7.08. The largest absolute Gasteiger partial charge is 0.387 e. The summed E-state index contributed by atoms with van der Waals surface area (Å²) >= 11 is 0. The van der Waals surface area contributed by atoms with Crippen molar-refractivity contribution in [2.75, 3.05) is 39.0 Å². The maximum absolute atomic E-state index is 13.6. The van der Waals surface area contributed by atoms with Gasteiger partial charge in [-0.15, -0.1) is 0 Å². The van der Waals surface area contributed by atoms with E-state index in [1.807, 2.05) is 4.90 Å². The molecule has 1 aromatic rings. The summed E-state index contributed by atoms with van der Waals surface area (Å²) in [5, 5.41) is 10.1. The van der Waals surface area contributed by atoms with Crippen molar-refractivity contribution in [2.24, 2.45) is 0 Å². The lowest BCUT2D eigenvalue weighted by Crippen LogP contribution is -2.36. The molecule has 22 heavy (non-hydrogen) atoms. The first kappa shape index (κ1) is 17.3. The van der Waals surface area contributed by atoms with Gasteiger partial charge in [0.15, 0.2) is 0 Å². The highest BCUT2D eigenvalue weighted by Gasteiger charge is 2.24. The normalized spacial score (nSPS) is 19.8. The van der Waals surface area contributed by atoms with Crippen molar-refractivity contribution in [2.45, 2.75) is 12.5 Å². The molecule has 8 heteroatoms. The highest BCUT2D eigenvalue weighted by Crippen LogP contribution is 2.22. The Morgan fingerprint density at radius 2 is 1.82 bits per heavy atom. The monoisotopic (exact) mass is 334 g/mol. The molecule has 1 aliphatic rings. The summed E-state index contributed by atoms with van der Waals surface area (Å²) in [6, 6.07) is 3.46. The van der Waals surface area contributed by atoms with E-state index in [0.29, 0.717) is 32.6 Å². The number of rotatable bonds is 4. The summed E-state index contributed by atoms with van der Waals surface area (Å²) in [5.41, 5.74) is -0.341. The van der Waals surface area contributed by atoms with Crippen LogP contribution in [0, 0.1) is 11.6 Å². The van der Waals surface area contributed by atoms with Crippen LogP contribution in [-0.2, 0) is 10.0 Å². The molecule has 0 amide bonds. The number of hydrogen-bond acceptors (Lipinski definition) is 4. The Labute approximate surface area is 129 Å². The number of aliphatic hydroxyl groups is 1. The lowest BCUT2D eigenvalue weighted by atomic mass is 10.1. The Kier molecular flexibility index (Phi) is 5.49. The van der Waals surface area contributed by atoms with Gasteiger partial charge in [0.1, 0.15) is 11.6 Å². The topological polar surface area (TPSA) is 60.9 Å². The van der Waals surface area contributed by atoms with Crippen LogP contribution >= 0.6 is 0 Å². The second kappa shape index (κ2) is 6.99. The van der Waals surface area contributed by atoms with Crippen LogP contribution in [0.2, 0.25) is 0 Å². The molecule has 1 saturated heterocycles. The Morgan fingerprint density at radius 1 is 1.18 bits per heavy atom. The minimum Gasteiger partial charge on any atom is -0.387 e. The third-order valence-corrected chi connectivity index (χ3v) is 5.08. The molecule has 0 aliphatic carbocycles.